The number of carbonyl (C=O) groups is 2. The smallest absolute Gasteiger partial charge is 0.276 e. The summed E-state index contributed by atoms with van der Waals surface area (Å²) in [5.74, 6) is -0.542. The number of rotatable bonds is 3. The van der Waals surface area contributed by atoms with Crippen LogP contribution in [0.3, 0.4) is 0 Å². The highest BCUT2D eigenvalue weighted by molar-refractivity contribution is 6.30. The third kappa shape index (κ3) is 3.00. The number of nitrogens with zero attached hydrogens (tertiary/aromatic N) is 1. The molecule has 5 nitrogen and oxygen atoms in total. The van der Waals surface area contributed by atoms with Crippen LogP contribution >= 0.6 is 11.6 Å². The maximum Gasteiger partial charge on any atom is 0.348 e. The molecule has 0 bridgehead atoms. The number of urea groups is 1. The molecule has 1 aromatic rings. The molecule has 96 valence electrons. The van der Waals surface area contributed by atoms with Crippen molar-refractivity contribution in [1.29, 1.82) is 0 Å². The molecule has 1 atom stereocenters. The highest BCUT2D eigenvalue weighted by Gasteiger charge is 2.29. The molecule has 0 radical (unpaired) electrons. The summed E-state index contributed by atoms with van der Waals surface area (Å²) >= 11 is 5.77. The highest BCUT2D eigenvalue weighted by atomic mass is 35.5. The third-order valence-corrected chi connectivity index (χ3v) is 2.90. The molecule has 0 aromatic heterocycles. The maximum atomic E-state index is 11.5. The molecule has 0 saturated carbocycles. The van der Waals surface area contributed by atoms with Gasteiger partial charge < -0.3 is 0 Å². The third-order valence-electron chi connectivity index (χ3n) is 2.64. The van der Waals surface area contributed by atoms with E-state index in [2.05, 4.69) is 5.32 Å². The van der Waals surface area contributed by atoms with Crippen LogP contribution in [-0.2, 0) is 16.2 Å². The van der Waals surface area contributed by atoms with Crippen molar-refractivity contribution in [3.05, 3.63) is 34.9 Å². The first kappa shape index (κ1) is 12.9. The second kappa shape index (κ2) is 5.37. The van der Waals surface area contributed by atoms with Crippen LogP contribution in [0.25, 0.3) is 0 Å². The molecule has 2 rings (SSSR count). The predicted molar refractivity (Wildman–Crippen MR) is 65.6 cm³/mol. The fraction of sp³-hybridized carbons (Fsp3) is 0.333. The lowest BCUT2D eigenvalue weighted by atomic mass is 10.1. The Morgan fingerprint density at radius 1 is 1.39 bits per heavy atom. The van der Waals surface area contributed by atoms with Crippen molar-refractivity contribution in [3.8, 4) is 0 Å². The molecule has 1 aromatic carbocycles. The molecule has 1 fully saturated rings. The number of amides is 3. The van der Waals surface area contributed by atoms with E-state index < -0.39 is 6.03 Å². The normalized spacial score (nSPS) is 19.9. The zero-order valence-corrected chi connectivity index (χ0v) is 10.6. The Kier molecular flexibility index (Phi) is 3.84. The minimum atomic E-state index is -0.521. The highest BCUT2D eigenvalue weighted by Crippen LogP contribution is 2.13. The van der Waals surface area contributed by atoms with Crippen molar-refractivity contribution in [2.45, 2.75) is 13.5 Å². The quantitative estimate of drug-likeness (QED) is 0.912. The van der Waals surface area contributed by atoms with Crippen LogP contribution in [0.15, 0.2) is 24.3 Å². The predicted octanol–water partition coefficient (Wildman–Crippen LogP) is 1.96. The minimum absolute atomic E-state index is 0.255. The van der Waals surface area contributed by atoms with Gasteiger partial charge in [0.05, 0.1) is 12.5 Å². The van der Waals surface area contributed by atoms with E-state index in [0.717, 1.165) is 5.56 Å². The van der Waals surface area contributed by atoms with Crippen LogP contribution in [0.5, 0.6) is 0 Å². The molecule has 0 aliphatic carbocycles. The first-order valence-electron chi connectivity index (χ1n) is 5.56. The lowest BCUT2D eigenvalue weighted by Crippen LogP contribution is -2.53. The van der Waals surface area contributed by atoms with Gasteiger partial charge in [0.15, 0.2) is 0 Å². The Labute approximate surface area is 110 Å². The number of imide groups is 1. The average molecular weight is 269 g/mol. The van der Waals surface area contributed by atoms with Gasteiger partial charge in [-0.25, -0.2) is 9.86 Å². The summed E-state index contributed by atoms with van der Waals surface area (Å²) in [5, 5.41) is 4.04. The van der Waals surface area contributed by atoms with E-state index >= 15 is 0 Å². The summed E-state index contributed by atoms with van der Waals surface area (Å²) < 4.78 is 0. The van der Waals surface area contributed by atoms with Gasteiger partial charge >= 0.3 is 6.03 Å². The van der Waals surface area contributed by atoms with Crippen LogP contribution in [0.4, 0.5) is 4.79 Å². The molecule has 1 aliphatic heterocycles. The topological polar surface area (TPSA) is 58.6 Å². The van der Waals surface area contributed by atoms with Gasteiger partial charge in [0.25, 0.3) is 0 Å². The van der Waals surface area contributed by atoms with Gasteiger partial charge in [-0.05, 0) is 17.7 Å². The fourth-order valence-corrected chi connectivity index (χ4v) is 1.68. The summed E-state index contributed by atoms with van der Waals surface area (Å²) in [4.78, 5) is 28.1. The second-order valence-electron chi connectivity index (χ2n) is 4.16. The minimum Gasteiger partial charge on any atom is -0.276 e. The zero-order chi connectivity index (χ0) is 13.1. The van der Waals surface area contributed by atoms with Crippen molar-refractivity contribution >= 4 is 23.5 Å². The molecular weight excluding hydrogens is 256 g/mol. The van der Waals surface area contributed by atoms with E-state index in [1.807, 2.05) is 12.1 Å². The fourth-order valence-electron chi connectivity index (χ4n) is 1.55. The lowest BCUT2D eigenvalue weighted by Gasteiger charge is -2.29. The van der Waals surface area contributed by atoms with Gasteiger partial charge in [-0.2, -0.15) is 0 Å². The zero-order valence-electron chi connectivity index (χ0n) is 9.85. The van der Waals surface area contributed by atoms with E-state index in [1.54, 1.807) is 19.1 Å². The monoisotopic (exact) mass is 268 g/mol. The summed E-state index contributed by atoms with van der Waals surface area (Å²) in [5.41, 5.74) is 0.900. The van der Waals surface area contributed by atoms with Crippen LogP contribution in [0, 0.1) is 5.92 Å². The molecule has 1 aliphatic rings. The molecule has 1 heterocycles. The van der Waals surface area contributed by atoms with Gasteiger partial charge in [0, 0.05) is 5.02 Å². The molecule has 1 saturated heterocycles. The molecule has 1 N–H and O–H groups in total. The molecule has 1 unspecified atom stereocenters. The van der Waals surface area contributed by atoms with Crippen LogP contribution in [0.1, 0.15) is 12.5 Å². The summed E-state index contributed by atoms with van der Waals surface area (Å²) in [6.07, 6.45) is 0. The molecule has 3 amide bonds. The second-order valence-corrected chi connectivity index (χ2v) is 4.59. The Balaban J connectivity index is 1.92. The Bertz CT molecular complexity index is 461. The number of hydroxylamine groups is 2. The van der Waals surface area contributed by atoms with E-state index in [0.29, 0.717) is 5.02 Å². The van der Waals surface area contributed by atoms with E-state index in [9.17, 15) is 9.59 Å². The van der Waals surface area contributed by atoms with Crippen molar-refractivity contribution in [1.82, 2.24) is 10.4 Å². The lowest BCUT2D eigenvalue weighted by molar-refractivity contribution is -0.155. The van der Waals surface area contributed by atoms with E-state index in [4.69, 9.17) is 16.4 Å². The SMILES string of the molecule is CC1CN(OCc2ccc(Cl)cc2)C(=O)NC1=O. The molecule has 6 heteroatoms. The van der Waals surface area contributed by atoms with Crippen LogP contribution in [-0.4, -0.2) is 23.5 Å². The van der Waals surface area contributed by atoms with Gasteiger partial charge in [-0.3, -0.25) is 14.9 Å². The standard InChI is InChI=1S/C12H13ClN2O3/c1-8-6-15(12(17)14-11(8)16)18-7-9-2-4-10(13)5-3-9/h2-5,8H,6-7H2,1H3,(H,14,16,17). The molecule has 0 spiro atoms. The maximum absolute atomic E-state index is 11.5. The average Bonchev–Trinajstić information content (AvgIpc) is 2.34. The number of hydrogen-bond donors (Lipinski definition) is 1. The van der Waals surface area contributed by atoms with Crippen LogP contribution < -0.4 is 5.32 Å². The number of halogens is 1. The number of nitrogens with one attached hydrogen (secondary N) is 1. The van der Waals surface area contributed by atoms with Crippen molar-refractivity contribution in [2.75, 3.05) is 6.54 Å². The van der Waals surface area contributed by atoms with Gasteiger partial charge in [-0.1, -0.05) is 30.7 Å². The Morgan fingerprint density at radius 3 is 2.72 bits per heavy atom. The Hall–Kier alpha value is -1.59. The number of carbonyl (C=O) groups excluding carboxylic acids is 2. The first-order chi connectivity index (χ1) is 8.56. The molecule has 18 heavy (non-hydrogen) atoms. The van der Waals surface area contributed by atoms with Gasteiger partial charge in [0.1, 0.15) is 6.61 Å². The molecular formula is C12H13ClN2O3. The van der Waals surface area contributed by atoms with Crippen LogP contribution in [0.2, 0.25) is 5.02 Å². The van der Waals surface area contributed by atoms with E-state index in [-0.39, 0.29) is 25.0 Å². The largest absolute Gasteiger partial charge is 0.348 e. The van der Waals surface area contributed by atoms with Gasteiger partial charge in [-0.15, -0.1) is 0 Å². The first-order valence-corrected chi connectivity index (χ1v) is 5.94. The van der Waals surface area contributed by atoms with Crippen molar-refractivity contribution in [3.63, 3.8) is 0 Å². The summed E-state index contributed by atoms with van der Waals surface area (Å²) in [7, 11) is 0. The summed E-state index contributed by atoms with van der Waals surface area (Å²) in [6.45, 7) is 2.25. The number of benzene rings is 1. The van der Waals surface area contributed by atoms with Crippen molar-refractivity contribution in [2.24, 2.45) is 5.92 Å². The van der Waals surface area contributed by atoms with Crippen molar-refractivity contribution < 1.29 is 14.4 Å². The van der Waals surface area contributed by atoms with E-state index in [1.165, 1.54) is 5.06 Å². The summed E-state index contributed by atoms with van der Waals surface area (Å²) in [6, 6.07) is 6.62. The number of hydrogen-bond acceptors (Lipinski definition) is 3. The Morgan fingerprint density at radius 2 is 2.06 bits per heavy atom. The van der Waals surface area contributed by atoms with Gasteiger partial charge in [0.2, 0.25) is 5.91 Å².